The minimum absolute atomic E-state index is 0.0251. The summed E-state index contributed by atoms with van der Waals surface area (Å²) in [5.41, 5.74) is 0. The number of primary sulfonamides is 1. The van der Waals surface area contributed by atoms with Gasteiger partial charge in [-0.05, 0) is 31.0 Å². The average Bonchev–Trinajstić information content (AvgIpc) is 2.88. The Kier molecular flexibility index (Phi) is 3.86. The fourth-order valence-electron chi connectivity index (χ4n) is 2.32. The molecule has 0 radical (unpaired) electrons. The quantitative estimate of drug-likeness (QED) is 0.794. The van der Waals surface area contributed by atoms with Gasteiger partial charge in [0.25, 0.3) is 16.0 Å². The van der Waals surface area contributed by atoms with Gasteiger partial charge < -0.3 is 0 Å². The predicted molar refractivity (Wildman–Crippen MR) is 81.6 cm³/mol. The van der Waals surface area contributed by atoms with Gasteiger partial charge in [-0.1, -0.05) is 6.07 Å². The van der Waals surface area contributed by atoms with Gasteiger partial charge in [0.1, 0.15) is 5.82 Å². The molecule has 0 saturated heterocycles. The number of hydrogen-bond acceptors (Lipinski definition) is 6. The van der Waals surface area contributed by atoms with Crippen LogP contribution in [0.2, 0.25) is 0 Å². The SMILES string of the molecule is NS(=O)(=O)c1cccc(S(=O)(=O)Nc2nc3n(n2)CCCC3)c1. The highest BCUT2D eigenvalue weighted by atomic mass is 32.2. The van der Waals surface area contributed by atoms with Crippen LogP contribution in [0.1, 0.15) is 18.7 Å². The van der Waals surface area contributed by atoms with E-state index in [9.17, 15) is 16.8 Å². The van der Waals surface area contributed by atoms with E-state index in [1.54, 1.807) is 4.68 Å². The van der Waals surface area contributed by atoms with Crippen LogP contribution in [-0.2, 0) is 33.0 Å². The number of anilines is 1. The summed E-state index contributed by atoms with van der Waals surface area (Å²) in [6.45, 7) is 0.699. The standard InChI is InChI=1S/C12H15N5O4S2/c13-22(18,19)9-4-3-5-10(8-9)23(20,21)16-12-14-11-6-1-2-7-17(11)15-12/h3-5,8H,1-2,6-7H2,(H,15,16)(H2,13,18,19). The Hall–Kier alpha value is -1.98. The van der Waals surface area contributed by atoms with Crippen molar-refractivity contribution in [2.45, 2.75) is 35.6 Å². The number of nitrogens with zero attached hydrogens (tertiary/aromatic N) is 3. The molecule has 0 saturated carbocycles. The maximum atomic E-state index is 12.4. The predicted octanol–water partition coefficient (Wildman–Crippen LogP) is 0.0626. The molecule has 9 nitrogen and oxygen atoms in total. The van der Waals surface area contributed by atoms with Gasteiger partial charge in [0.2, 0.25) is 10.0 Å². The molecule has 1 aliphatic heterocycles. The summed E-state index contributed by atoms with van der Waals surface area (Å²) in [6, 6.07) is 4.79. The zero-order valence-electron chi connectivity index (χ0n) is 12.0. The molecule has 1 aliphatic rings. The average molecular weight is 357 g/mol. The number of nitrogens with one attached hydrogen (secondary N) is 1. The van der Waals surface area contributed by atoms with Crippen molar-refractivity contribution in [3.05, 3.63) is 30.1 Å². The maximum Gasteiger partial charge on any atom is 0.264 e. The van der Waals surface area contributed by atoms with Crippen LogP contribution in [0.5, 0.6) is 0 Å². The lowest BCUT2D eigenvalue weighted by molar-refractivity contribution is 0.480. The summed E-state index contributed by atoms with van der Waals surface area (Å²) in [5.74, 6) is 0.704. The molecule has 1 aromatic heterocycles. The van der Waals surface area contributed by atoms with Gasteiger partial charge in [-0.3, -0.25) is 0 Å². The Balaban J connectivity index is 1.91. The molecule has 2 aromatic rings. The number of sulfonamides is 2. The van der Waals surface area contributed by atoms with Crippen LogP contribution in [0.25, 0.3) is 0 Å². The first-order valence-electron chi connectivity index (χ1n) is 6.85. The zero-order chi connectivity index (χ0) is 16.7. The van der Waals surface area contributed by atoms with E-state index in [-0.39, 0.29) is 15.7 Å². The Labute approximate surface area is 133 Å². The van der Waals surface area contributed by atoms with Crippen LogP contribution in [0.4, 0.5) is 5.95 Å². The summed E-state index contributed by atoms with van der Waals surface area (Å²) < 4.78 is 51.3. The fraction of sp³-hybridized carbons (Fsp3) is 0.333. The summed E-state index contributed by atoms with van der Waals surface area (Å²) in [4.78, 5) is 3.65. The van der Waals surface area contributed by atoms with Crippen LogP contribution >= 0.6 is 0 Å². The van der Waals surface area contributed by atoms with E-state index in [4.69, 9.17) is 5.14 Å². The molecule has 11 heteroatoms. The van der Waals surface area contributed by atoms with Gasteiger partial charge in [-0.15, -0.1) is 5.10 Å². The molecule has 3 rings (SSSR count). The molecule has 0 unspecified atom stereocenters. The first-order chi connectivity index (χ1) is 10.8. The third-order valence-corrected chi connectivity index (χ3v) is 5.68. The van der Waals surface area contributed by atoms with Crippen molar-refractivity contribution < 1.29 is 16.8 Å². The van der Waals surface area contributed by atoms with Crippen molar-refractivity contribution in [2.24, 2.45) is 5.14 Å². The molecule has 0 aliphatic carbocycles. The van der Waals surface area contributed by atoms with Gasteiger partial charge in [0, 0.05) is 13.0 Å². The lowest BCUT2D eigenvalue weighted by Crippen LogP contribution is -2.16. The number of hydrogen-bond donors (Lipinski definition) is 2. The van der Waals surface area contributed by atoms with Crippen molar-refractivity contribution in [3.8, 4) is 0 Å². The summed E-state index contributed by atoms with van der Waals surface area (Å²) in [6.07, 6.45) is 2.70. The highest BCUT2D eigenvalue weighted by Crippen LogP contribution is 2.19. The molecule has 124 valence electrons. The fourth-order valence-corrected chi connectivity index (χ4v) is 3.94. The van der Waals surface area contributed by atoms with E-state index >= 15 is 0 Å². The number of benzene rings is 1. The lowest BCUT2D eigenvalue weighted by Gasteiger charge is -2.09. The minimum Gasteiger partial charge on any atom is -0.248 e. The third kappa shape index (κ3) is 3.35. The molecule has 0 atom stereocenters. The van der Waals surface area contributed by atoms with Crippen molar-refractivity contribution >= 4 is 26.0 Å². The van der Waals surface area contributed by atoms with Crippen molar-refractivity contribution in [1.29, 1.82) is 0 Å². The van der Waals surface area contributed by atoms with E-state index in [1.807, 2.05) is 0 Å². The summed E-state index contributed by atoms with van der Waals surface area (Å²) in [5, 5.41) is 9.12. The maximum absolute atomic E-state index is 12.4. The third-order valence-electron chi connectivity index (χ3n) is 3.44. The molecule has 1 aromatic carbocycles. The van der Waals surface area contributed by atoms with Crippen LogP contribution in [0.3, 0.4) is 0 Å². The molecular formula is C12H15N5O4S2. The normalized spacial score (nSPS) is 15.2. The first-order valence-corrected chi connectivity index (χ1v) is 9.88. The number of rotatable bonds is 4. The molecule has 0 bridgehead atoms. The molecular weight excluding hydrogens is 342 g/mol. The second kappa shape index (κ2) is 5.58. The molecule has 2 heterocycles. The second-order valence-corrected chi connectivity index (χ2v) is 8.40. The van der Waals surface area contributed by atoms with E-state index in [0.717, 1.165) is 31.2 Å². The van der Waals surface area contributed by atoms with Gasteiger partial charge in [0.05, 0.1) is 9.79 Å². The first kappa shape index (κ1) is 15.9. The largest absolute Gasteiger partial charge is 0.264 e. The zero-order valence-corrected chi connectivity index (χ0v) is 13.6. The van der Waals surface area contributed by atoms with Gasteiger partial charge >= 0.3 is 0 Å². The van der Waals surface area contributed by atoms with Crippen molar-refractivity contribution in [2.75, 3.05) is 4.72 Å². The topological polar surface area (TPSA) is 137 Å². The molecule has 0 amide bonds. The van der Waals surface area contributed by atoms with E-state index in [1.165, 1.54) is 18.2 Å². The van der Waals surface area contributed by atoms with Crippen LogP contribution in [0, 0.1) is 0 Å². The van der Waals surface area contributed by atoms with Crippen molar-refractivity contribution in [1.82, 2.24) is 14.8 Å². The minimum atomic E-state index is -4.00. The lowest BCUT2D eigenvalue weighted by atomic mass is 10.2. The number of aromatic nitrogens is 3. The van der Waals surface area contributed by atoms with E-state index in [0.29, 0.717) is 6.54 Å². The Morgan fingerprint density at radius 3 is 2.57 bits per heavy atom. The second-order valence-electron chi connectivity index (χ2n) is 5.16. The van der Waals surface area contributed by atoms with Crippen molar-refractivity contribution in [3.63, 3.8) is 0 Å². The highest BCUT2D eigenvalue weighted by Gasteiger charge is 2.21. The Morgan fingerprint density at radius 1 is 1.13 bits per heavy atom. The van der Waals surface area contributed by atoms with Gasteiger partial charge in [-0.2, -0.15) is 4.98 Å². The highest BCUT2D eigenvalue weighted by molar-refractivity contribution is 7.92. The molecule has 0 fully saturated rings. The molecule has 23 heavy (non-hydrogen) atoms. The van der Waals surface area contributed by atoms with Crippen LogP contribution in [-0.4, -0.2) is 31.6 Å². The van der Waals surface area contributed by atoms with Crippen LogP contribution in [0.15, 0.2) is 34.1 Å². The van der Waals surface area contributed by atoms with Gasteiger partial charge in [0.15, 0.2) is 0 Å². The summed E-state index contributed by atoms with van der Waals surface area (Å²) >= 11 is 0. The van der Waals surface area contributed by atoms with E-state index < -0.39 is 20.0 Å². The van der Waals surface area contributed by atoms with E-state index in [2.05, 4.69) is 14.8 Å². The monoisotopic (exact) mass is 357 g/mol. The number of fused-ring (bicyclic) bond motifs is 1. The van der Waals surface area contributed by atoms with Gasteiger partial charge in [-0.25, -0.2) is 31.4 Å². The number of aryl methyl sites for hydroxylation is 2. The molecule has 3 N–H and O–H groups in total. The Morgan fingerprint density at radius 2 is 1.87 bits per heavy atom. The molecule has 0 spiro atoms. The number of nitrogens with two attached hydrogens (primary N) is 1. The van der Waals surface area contributed by atoms with Crippen LogP contribution < -0.4 is 9.86 Å². The summed E-state index contributed by atoms with van der Waals surface area (Å²) in [7, 11) is -7.99. The Bertz CT molecular complexity index is 926. The smallest absolute Gasteiger partial charge is 0.248 e.